The summed E-state index contributed by atoms with van der Waals surface area (Å²) in [5, 5.41) is 0. The van der Waals surface area contributed by atoms with Crippen molar-refractivity contribution in [3.63, 3.8) is 0 Å². The molecular weight excluding hydrogens is 302 g/mol. The van der Waals surface area contributed by atoms with Crippen LogP contribution in [0, 0.1) is 11.6 Å². The van der Waals surface area contributed by atoms with Crippen molar-refractivity contribution in [2.75, 3.05) is 6.61 Å². The minimum Gasteiger partial charge on any atom is -0.490 e. The lowest BCUT2D eigenvalue weighted by Crippen LogP contribution is -2.13. The first kappa shape index (κ1) is 15.2. The zero-order valence-corrected chi connectivity index (χ0v) is 11.9. The van der Waals surface area contributed by atoms with Gasteiger partial charge in [0.1, 0.15) is 16.5 Å². The van der Waals surface area contributed by atoms with Gasteiger partial charge in [-0.1, -0.05) is 12.1 Å². The maximum Gasteiger partial charge on any atom is 0.342 e. The number of ether oxygens (including phenoxy) is 1. The zero-order valence-electron chi connectivity index (χ0n) is 11.0. The van der Waals surface area contributed by atoms with Crippen LogP contribution in [-0.4, -0.2) is 15.0 Å². The molecule has 0 radical (unpaired) electrons. The van der Waals surface area contributed by atoms with E-state index in [0.717, 1.165) is 12.1 Å². The summed E-state index contributed by atoms with van der Waals surface area (Å²) >= 11 is 0. The van der Waals surface area contributed by atoms with Crippen molar-refractivity contribution in [1.82, 2.24) is 0 Å². The fourth-order valence-electron chi connectivity index (χ4n) is 1.63. The van der Waals surface area contributed by atoms with Crippen molar-refractivity contribution in [3.05, 3.63) is 54.1 Å². The summed E-state index contributed by atoms with van der Waals surface area (Å²) in [6, 6.07) is 8.15. The van der Waals surface area contributed by atoms with E-state index in [-0.39, 0.29) is 11.5 Å². The molecular formula is C14H12F2O4S. The minimum absolute atomic E-state index is 0.0944. The summed E-state index contributed by atoms with van der Waals surface area (Å²) in [6.45, 7) is 2.02. The third kappa shape index (κ3) is 3.49. The van der Waals surface area contributed by atoms with Crippen LogP contribution in [0.5, 0.6) is 11.5 Å². The Bertz CT molecular complexity index is 744. The molecule has 0 heterocycles. The second kappa shape index (κ2) is 6.09. The molecule has 0 fully saturated rings. The third-order valence-electron chi connectivity index (χ3n) is 2.51. The Balaban J connectivity index is 2.40. The topological polar surface area (TPSA) is 52.6 Å². The van der Waals surface area contributed by atoms with Crippen molar-refractivity contribution in [3.8, 4) is 11.5 Å². The van der Waals surface area contributed by atoms with Crippen molar-refractivity contribution in [1.29, 1.82) is 0 Å². The lowest BCUT2D eigenvalue weighted by atomic mass is 10.3. The number of hydrogen-bond donors (Lipinski definition) is 0. The molecule has 0 spiro atoms. The van der Waals surface area contributed by atoms with Gasteiger partial charge in [-0.15, -0.1) is 0 Å². The smallest absolute Gasteiger partial charge is 0.342 e. The summed E-state index contributed by atoms with van der Waals surface area (Å²) < 4.78 is 60.8. The van der Waals surface area contributed by atoms with Gasteiger partial charge in [0.2, 0.25) is 0 Å². The molecule has 0 aliphatic heterocycles. The highest BCUT2D eigenvalue weighted by molar-refractivity contribution is 7.87. The van der Waals surface area contributed by atoms with E-state index in [1.54, 1.807) is 13.0 Å². The fraction of sp³-hybridized carbons (Fsp3) is 0.143. The Hall–Kier alpha value is -2.15. The zero-order chi connectivity index (χ0) is 15.5. The number of para-hydroxylation sites is 2. The van der Waals surface area contributed by atoms with Gasteiger partial charge in [0, 0.05) is 0 Å². The monoisotopic (exact) mass is 314 g/mol. The average molecular weight is 314 g/mol. The van der Waals surface area contributed by atoms with Crippen molar-refractivity contribution in [2.24, 2.45) is 0 Å². The predicted molar refractivity (Wildman–Crippen MR) is 71.8 cm³/mol. The lowest BCUT2D eigenvalue weighted by Gasteiger charge is -2.11. The van der Waals surface area contributed by atoms with Crippen LogP contribution in [0.25, 0.3) is 0 Å². The van der Waals surface area contributed by atoms with Gasteiger partial charge in [0.05, 0.1) is 6.61 Å². The van der Waals surface area contributed by atoms with E-state index < -0.39 is 26.6 Å². The van der Waals surface area contributed by atoms with Gasteiger partial charge in [0.25, 0.3) is 0 Å². The summed E-state index contributed by atoms with van der Waals surface area (Å²) in [5.41, 5.74) is 0. The molecule has 0 atom stereocenters. The van der Waals surface area contributed by atoms with Crippen LogP contribution in [0.2, 0.25) is 0 Å². The van der Waals surface area contributed by atoms with E-state index in [1.807, 2.05) is 0 Å². The first-order valence-corrected chi connectivity index (χ1v) is 7.46. The van der Waals surface area contributed by atoms with Crippen LogP contribution >= 0.6 is 0 Å². The molecule has 0 amide bonds. The summed E-state index contributed by atoms with van der Waals surface area (Å²) in [6.07, 6.45) is 0. The molecule has 0 unspecified atom stereocenters. The van der Waals surface area contributed by atoms with Gasteiger partial charge in [-0.25, -0.2) is 8.78 Å². The molecule has 7 heteroatoms. The second-order valence-corrected chi connectivity index (χ2v) is 5.51. The Morgan fingerprint density at radius 3 is 2.38 bits per heavy atom. The van der Waals surface area contributed by atoms with Gasteiger partial charge in [0.15, 0.2) is 11.5 Å². The Morgan fingerprint density at radius 2 is 1.71 bits per heavy atom. The Kier molecular flexibility index (Phi) is 4.42. The number of benzene rings is 2. The molecule has 2 aromatic carbocycles. The van der Waals surface area contributed by atoms with Gasteiger partial charge >= 0.3 is 10.1 Å². The largest absolute Gasteiger partial charge is 0.490 e. The average Bonchev–Trinajstić information content (AvgIpc) is 2.43. The molecule has 0 bridgehead atoms. The van der Waals surface area contributed by atoms with Gasteiger partial charge in [-0.3, -0.25) is 0 Å². The molecule has 2 rings (SSSR count). The standard InChI is InChI=1S/C14H12F2O4S/c1-2-19-12-5-3-4-6-13(12)20-21(17,18)14-9-10(15)7-8-11(14)16/h3-9H,2H2,1H3. The summed E-state index contributed by atoms with van der Waals surface area (Å²) in [4.78, 5) is -0.867. The van der Waals surface area contributed by atoms with E-state index in [9.17, 15) is 17.2 Å². The van der Waals surface area contributed by atoms with Crippen LogP contribution in [-0.2, 0) is 10.1 Å². The SMILES string of the molecule is CCOc1ccccc1OS(=O)(=O)c1cc(F)ccc1F. The van der Waals surface area contributed by atoms with Crippen LogP contribution in [0.4, 0.5) is 8.78 Å². The van der Waals surface area contributed by atoms with Crippen molar-refractivity contribution in [2.45, 2.75) is 11.8 Å². The molecule has 0 aromatic heterocycles. The molecule has 2 aromatic rings. The van der Waals surface area contributed by atoms with E-state index in [2.05, 4.69) is 0 Å². The Labute approximate surface area is 121 Å². The molecule has 112 valence electrons. The molecule has 4 nitrogen and oxygen atoms in total. The second-order valence-electron chi connectivity index (χ2n) is 3.99. The van der Waals surface area contributed by atoms with Crippen LogP contribution in [0.15, 0.2) is 47.4 Å². The van der Waals surface area contributed by atoms with E-state index in [4.69, 9.17) is 8.92 Å². The molecule has 0 N–H and O–H groups in total. The van der Waals surface area contributed by atoms with E-state index in [1.165, 1.54) is 18.2 Å². The summed E-state index contributed by atoms with van der Waals surface area (Å²) in [5.74, 6) is -1.87. The maximum absolute atomic E-state index is 13.6. The molecule has 21 heavy (non-hydrogen) atoms. The van der Waals surface area contributed by atoms with Gasteiger partial charge in [-0.05, 0) is 37.3 Å². The third-order valence-corrected chi connectivity index (χ3v) is 3.76. The minimum atomic E-state index is -4.50. The van der Waals surface area contributed by atoms with Crippen LogP contribution < -0.4 is 8.92 Å². The van der Waals surface area contributed by atoms with Gasteiger partial charge < -0.3 is 8.92 Å². The maximum atomic E-state index is 13.6. The quantitative estimate of drug-likeness (QED) is 0.796. The number of hydrogen-bond acceptors (Lipinski definition) is 4. The normalized spacial score (nSPS) is 11.2. The number of rotatable bonds is 5. The fourth-order valence-corrected chi connectivity index (χ4v) is 2.65. The highest BCUT2D eigenvalue weighted by Crippen LogP contribution is 2.30. The molecule has 0 aliphatic carbocycles. The van der Waals surface area contributed by atoms with Crippen molar-refractivity contribution >= 4 is 10.1 Å². The van der Waals surface area contributed by atoms with E-state index >= 15 is 0 Å². The predicted octanol–water partition coefficient (Wildman–Crippen LogP) is 3.13. The van der Waals surface area contributed by atoms with Gasteiger partial charge in [-0.2, -0.15) is 8.42 Å². The number of halogens is 2. The van der Waals surface area contributed by atoms with E-state index in [0.29, 0.717) is 12.7 Å². The highest BCUT2D eigenvalue weighted by Gasteiger charge is 2.23. The molecule has 0 saturated heterocycles. The van der Waals surface area contributed by atoms with Crippen LogP contribution in [0.3, 0.4) is 0 Å². The van der Waals surface area contributed by atoms with Crippen molar-refractivity contribution < 1.29 is 26.1 Å². The first-order chi connectivity index (χ1) is 9.94. The summed E-state index contributed by atoms with van der Waals surface area (Å²) in [7, 11) is -4.50. The Morgan fingerprint density at radius 1 is 1.05 bits per heavy atom. The lowest BCUT2D eigenvalue weighted by molar-refractivity contribution is 0.327. The van der Waals surface area contributed by atoms with Crippen LogP contribution in [0.1, 0.15) is 6.92 Å². The molecule has 0 aliphatic rings. The molecule has 0 saturated carbocycles. The first-order valence-electron chi connectivity index (χ1n) is 6.05. The highest BCUT2D eigenvalue weighted by atomic mass is 32.2.